The standard InChI is InChI=1S/C22H26F2N2O2/c1-15(2)13-25-22(28)16(3)26(14-17-8-10-19(23)11-9-17)21(27)12-18-6-4-5-7-20(18)24/h4-11,15-16H,12-14H2,1-3H3,(H,25,28)/t16-/m0/s1. The lowest BCUT2D eigenvalue weighted by molar-refractivity contribution is -0.140. The normalized spacial score (nSPS) is 11.9. The van der Waals surface area contributed by atoms with Gasteiger partial charge in [-0.3, -0.25) is 9.59 Å². The van der Waals surface area contributed by atoms with Gasteiger partial charge in [0.15, 0.2) is 0 Å². The van der Waals surface area contributed by atoms with Crippen LogP contribution in [0.3, 0.4) is 0 Å². The molecule has 2 aromatic rings. The van der Waals surface area contributed by atoms with Gasteiger partial charge < -0.3 is 10.2 Å². The lowest BCUT2D eigenvalue weighted by Crippen LogP contribution is -2.48. The maximum atomic E-state index is 14.0. The van der Waals surface area contributed by atoms with E-state index in [-0.39, 0.29) is 42.1 Å². The fourth-order valence-electron chi connectivity index (χ4n) is 2.73. The summed E-state index contributed by atoms with van der Waals surface area (Å²) in [4.78, 5) is 26.8. The van der Waals surface area contributed by atoms with E-state index in [1.807, 2.05) is 13.8 Å². The van der Waals surface area contributed by atoms with Crippen LogP contribution < -0.4 is 5.32 Å². The number of hydrogen-bond acceptors (Lipinski definition) is 2. The maximum absolute atomic E-state index is 14.0. The Balaban J connectivity index is 2.21. The van der Waals surface area contributed by atoms with Crippen LogP contribution in [0.15, 0.2) is 48.5 Å². The minimum atomic E-state index is -0.747. The quantitative estimate of drug-likeness (QED) is 0.750. The molecule has 2 rings (SSSR count). The van der Waals surface area contributed by atoms with Crippen molar-refractivity contribution in [1.29, 1.82) is 0 Å². The second-order valence-electron chi connectivity index (χ2n) is 7.23. The summed E-state index contributed by atoms with van der Waals surface area (Å²) in [5.74, 6) is -1.22. The van der Waals surface area contributed by atoms with Crippen molar-refractivity contribution in [3.8, 4) is 0 Å². The van der Waals surface area contributed by atoms with Crippen molar-refractivity contribution in [2.75, 3.05) is 6.54 Å². The van der Waals surface area contributed by atoms with Crippen molar-refractivity contribution in [3.05, 3.63) is 71.3 Å². The van der Waals surface area contributed by atoms with Gasteiger partial charge in [-0.05, 0) is 42.2 Å². The first-order valence-corrected chi connectivity index (χ1v) is 9.33. The Morgan fingerprint density at radius 3 is 2.25 bits per heavy atom. The Kier molecular flexibility index (Phi) is 7.67. The SMILES string of the molecule is CC(C)CNC(=O)[C@H](C)N(Cc1ccc(F)cc1)C(=O)Cc1ccccc1F. The van der Waals surface area contributed by atoms with Crippen molar-refractivity contribution in [3.63, 3.8) is 0 Å². The summed E-state index contributed by atoms with van der Waals surface area (Å²) in [6.07, 6.45) is -0.157. The third-order valence-electron chi connectivity index (χ3n) is 4.42. The molecule has 0 radical (unpaired) electrons. The lowest BCUT2D eigenvalue weighted by atomic mass is 10.1. The van der Waals surface area contributed by atoms with Gasteiger partial charge in [-0.1, -0.05) is 44.2 Å². The smallest absolute Gasteiger partial charge is 0.242 e. The molecule has 2 amide bonds. The molecule has 0 aliphatic carbocycles. The lowest BCUT2D eigenvalue weighted by Gasteiger charge is -2.29. The van der Waals surface area contributed by atoms with Crippen LogP contribution >= 0.6 is 0 Å². The molecule has 0 heterocycles. The molecule has 4 nitrogen and oxygen atoms in total. The largest absolute Gasteiger partial charge is 0.354 e. The summed E-state index contributed by atoms with van der Waals surface area (Å²) >= 11 is 0. The third-order valence-corrected chi connectivity index (χ3v) is 4.42. The van der Waals surface area contributed by atoms with Crippen LogP contribution in [-0.2, 0) is 22.6 Å². The van der Waals surface area contributed by atoms with Crippen LogP contribution in [0.1, 0.15) is 31.9 Å². The molecule has 1 N–H and O–H groups in total. The van der Waals surface area contributed by atoms with E-state index in [1.165, 1.54) is 23.1 Å². The Hall–Kier alpha value is -2.76. The molecule has 0 unspecified atom stereocenters. The van der Waals surface area contributed by atoms with Gasteiger partial charge >= 0.3 is 0 Å². The molecule has 0 aliphatic heterocycles. The van der Waals surface area contributed by atoms with Crippen molar-refractivity contribution in [1.82, 2.24) is 10.2 Å². The average Bonchev–Trinajstić information content (AvgIpc) is 2.66. The number of nitrogens with zero attached hydrogens (tertiary/aromatic N) is 1. The number of halogens is 2. The molecule has 0 bridgehead atoms. The number of nitrogens with one attached hydrogen (secondary N) is 1. The highest BCUT2D eigenvalue weighted by molar-refractivity contribution is 5.88. The van der Waals surface area contributed by atoms with Crippen LogP contribution in [0.2, 0.25) is 0 Å². The van der Waals surface area contributed by atoms with Crippen molar-refractivity contribution < 1.29 is 18.4 Å². The molecule has 0 aromatic heterocycles. The van der Waals surface area contributed by atoms with E-state index in [0.717, 1.165) is 0 Å². The number of rotatable bonds is 8. The van der Waals surface area contributed by atoms with Gasteiger partial charge in [-0.15, -0.1) is 0 Å². The second kappa shape index (κ2) is 9.97. The highest BCUT2D eigenvalue weighted by Crippen LogP contribution is 2.15. The van der Waals surface area contributed by atoms with Gasteiger partial charge in [-0.25, -0.2) is 8.78 Å². The topological polar surface area (TPSA) is 49.4 Å². The summed E-state index contributed by atoms with van der Waals surface area (Å²) in [5, 5.41) is 2.82. The van der Waals surface area contributed by atoms with Gasteiger partial charge in [0.05, 0.1) is 6.42 Å². The monoisotopic (exact) mass is 388 g/mol. The minimum absolute atomic E-state index is 0.129. The molecular formula is C22H26F2N2O2. The molecule has 1 atom stereocenters. The molecule has 0 spiro atoms. The number of carbonyl (C=O) groups is 2. The van der Waals surface area contributed by atoms with Crippen LogP contribution in [0.4, 0.5) is 8.78 Å². The fraction of sp³-hybridized carbons (Fsp3) is 0.364. The first kappa shape index (κ1) is 21.5. The van der Waals surface area contributed by atoms with Crippen LogP contribution in [-0.4, -0.2) is 29.3 Å². The Labute approximate surface area is 164 Å². The molecule has 0 saturated carbocycles. The third kappa shape index (κ3) is 6.15. The Morgan fingerprint density at radius 2 is 1.64 bits per heavy atom. The number of hydrogen-bond donors (Lipinski definition) is 1. The van der Waals surface area contributed by atoms with Crippen molar-refractivity contribution in [2.45, 2.75) is 39.8 Å². The van der Waals surface area contributed by atoms with E-state index < -0.39 is 11.9 Å². The number of benzene rings is 2. The molecule has 0 fully saturated rings. The molecule has 150 valence electrons. The highest BCUT2D eigenvalue weighted by Gasteiger charge is 2.26. The van der Waals surface area contributed by atoms with Crippen LogP contribution in [0.5, 0.6) is 0 Å². The summed E-state index contributed by atoms with van der Waals surface area (Å²) in [6.45, 7) is 6.21. The Morgan fingerprint density at radius 1 is 1.00 bits per heavy atom. The summed E-state index contributed by atoms with van der Waals surface area (Å²) in [6, 6.07) is 11.1. The van der Waals surface area contributed by atoms with Gasteiger partial charge in [-0.2, -0.15) is 0 Å². The molecule has 2 aromatic carbocycles. The van der Waals surface area contributed by atoms with Crippen molar-refractivity contribution in [2.24, 2.45) is 5.92 Å². The molecule has 28 heavy (non-hydrogen) atoms. The van der Waals surface area contributed by atoms with E-state index in [9.17, 15) is 18.4 Å². The van der Waals surface area contributed by atoms with Crippen LogP contribution in [0.25, 0.3) is 0 Å². The Bertz CT molecular complexity index is 806. The summed E-state index contributed by atoms with van der Waals surface area (Å²) in [7, 11) is 0. The first-order chi connectivity index (χ1) is 13.3. The minimum Gasteiger partial charge on any atom is -0.354 e. The predicted molar refractivity (Wildman–Crippen MR) is 104 cm³/mol. The van der Waals surface area contributed by atoms with Crippen LogP contribution in [0, 0.1) is 17.6 Å². The van der Waals surface area contributed by atoms with Gasteiger partial charge in [0.2, 0.25) is 11.8 Å². The van der Waals surface area contributed by atoms with E-state index in [2.05, 4.69) is 5.32 Å². The first-order valence-electron chi connectivity index (χ1n) is 9.33. The molecule has 0 aliphatic rings. The predicted octanol–water partition coefficient (Wildman–Crippen LogP) is 3.70. The highest BCUT2D eigenvalue weighted by atomic mass is 19.1. The zero-order valence-electron chi connectivity index (χ0n) is 16.4. The van der Waals surface area contributed by atoms with Gasteiger partial charge in [0, 0.05) is 13.1 Å². The van der Waals surface area contributed by atoms with Crippen molar-refractivity contribution >= 4 is 11.8 Å². The second-order valence-corrected chi connectivity index (χ2v) is 7.23. The van der Waals surface area contributed by atoms with E-state index in [1.54, 1.807) is 37.3 Å². The number of amides is 2. The van der Waals surface area contributed by atoms with Gasteiger partial charge in [0.1, 0.15) is 17.7 Å². The fourth-order valence-corrected chi connectivity index (χ4v) is 2.73. The number of carbonyl (C=O) groups excluding carboxylic acids is 2. The van der Waals surface area contributed by atoms with E-state index in [4.69, 9.17) is 0 Å². The summed E-state index contributed by atoms with van der Waals surface area (Å²) in [5.41, 5.74) is 0.957. The van der Waals surface area contributed by atoms with E-state index >= 15 is 0 Å². The zero-order valence-corrected chi connectivity index (χ0v) is 16.4. The maximum Gasteiger partial charge on any atom is 0.242 e. The van der Waals surface area contributed by atoms with E-state index in [0.29, 0.717) is 12.1 Å². The van der Waals surface area contributed by atoms with Gasteiger partial charge in [0.25, 0.3) is 0 Å². The molecule has 0 saturated heterocycles. The summed E-state index contributed by atoms with van der Waals surface area (Å²) < 4.78 is 27.2. The molecule has 6 heteroatoms. The average molecular weight is 388 g/mol. The molecular weight excluding hydrogens is 362 g/mol. The zero-order chi connectivity index (χ0) is 20.7.